The summed E-state index contributed by atoms with van der Waals surface area (Å²) in [5.74, 6) is 0.897. The maximum absolute atomic E-state index is 12.1. The fourth-order valence-corrected chi connectivity index (χ4v) is 3.05. The van der Waals surface area contributed by atoms with E-state index in [0.29, 0.717) is 13.0 Å². The fourth-order valence-electron chi connectivity index (χ4n) is 2.44. The number of rotatable bonds is 5. The summed E-state index contributed by atoms with van der Waals surface area (Å²) < 4.78 is 2.02. The van der Waals surface area contributed by atoms with E-state index in [2.05, 4.69) is 15.3 Å². The first kappa shape index (κ1) is 15.4. The van der Waals surface area contributed by atoms with E-state index >= 15 is 0 Å². The smallest absolute Gasteiger partial charge is 0.226 e. The molecule has 118 valence electrons. The van der Waals surface area contributed by atoms with Crippen molar-refractivity contribution in [3.63, 3.8) is 0 Å². The molecule has 0 aliphatic rings. The van der Waals surface area contributed by atoms with Crippen molar-refractivity contribution < 1.29 is 4.79 Å². The minimum atomic E-state index is -0.0209. The molecule has 0 aliphatic heterocycles. The van der Waals surface area contributed by atoms with E-state index < -0.39 is 0 Å². The third-order valence-electron chi connectivity index (χ3n) is 3.56. The van der Waals surface area contributed by atoms with Crippen molar-refractivity contribution in [3.8, 4) is 5.69 Å². The average molecular weight is 326 g/mol. The van der Waals surface area contributed by atoms with E-state index in [1.54, 1.807) is 17.5 Å². The van der Waals surface area contributed by atoms with Crippen molar-refractivity contribution in [2.24, 2.45) is 0 Å². The van der Waals surface area contributed by atoms with Crippen LogP contribution >= 0.6 is 11.3 Å². The van der Waals surface area contributed by atoms with Crippen LogP contribution in [0.25, 0.3) is 5.69 Å². The van der Waals surface area contributed by atoms with E-state index in [4.69, 9.17) is 0 Å². The topological polar surface area (TPSA) is 59.8 Å². The number of benzene rings is 1. The highest BCUT2D eigenvalue weighted by atomic mass is 32.1. The third kappa shape index (κ3) is 3.65. The zero-order valence-corrected chi connectivity index (χ0v) is 13.9. The average Bonchev–Trinajstić information content (AvgIpc) is 3.14. The van der Waals surface area contributed by atoms with Crippen LogP contribution in [0.5, 0.6) is 0 Å². The summed E-state index contributed by atoms with van der Waals surface area (Å²) in [6.45, 7) is 4.38. The normalized spacial score (nSPS) is 10.7. The number of hydrogen-bond donors (Lipinski definition) is 1. The Labute approximate surface area is 139 Å². The second kappa shape index (κ2) is 6.75. The van der Waals surface area contributed by atoms with Crippen molar-refractivity contribution in [3.05, 3.63) is 64.1 Å². The monoisotopic (exact) mass is 326 g/mol. The molecule has 5 nitrogen and oxygen atoms in total. The summed E-state index contributed by atoms with van der Waals surface area (Å²) in [7, 11) is 0. The van der Waals surface area contributed by atoms with Gasteiger partial charge in [-0.25, -0.2) is 9.97 Å². The van der Waals surface area contributed by atoms with Crippen molar-refractivity contribution in [1.29, 1.82) is 0 Å². The lowest BCUT2D eigenvalue weighted by molar-refractivity contribution is -0.120. The first-order valence-corrected chi connectivity index (χ1v) is 8.27. The number of para-hydroxylation sites is 1. The molecule has 0 atom stereocenters. The van der Waals surface area contributed by atoms with Gasteiger partial charge in [-0.1, -0.05) is 18.2 Å². The number of aryl methyl sites for hydroxylation is 2. The van der Waals surface area contributed by atoms with Crippen LogP contribution in [-0.4, -0.2) is 20.4 Å². The molecule has 0 spiro atoms. The molecule has 0 bridgehead atoms. The fraction of sp³-hybridized carbons (Fsp3) is 0.235. The summed E-state index contributed by atoms with van der Waals surface area (Å²) in [5.41, 5.74) is 2.91. The molecule has 0 unspecified atom stereocenters. The largest absolute Gasteiger partial charge is 0.352 e. The molecule has 2 heterocycles. The van der Waals surface area contributed by atoms with Crippen LogP contribution in [-0.2, 0) is 17.8 Å². The van der Waals surface area contributed by atoms with Crippen LogP contribution in [0.3, 0.4) is 0 Å². The van der Waals surface area contributed by atoms with E-state index in [1.807, 2.05) is 54.3 Å². The number of carbonyl (C=O) groups excluding carboxylic acids is 1. The van der Waals surface area contributed by atoms with Crippen molar-refractivity contribution in [2.45, 2.75) is 26.8 Å². The molecule has 1 aromatic carbocycles. The molecule has 0 saturated heterocycles. The molecular formula is C17H18N4OS. The predicted molar refractivity (Wildman–Crippen MR) is 90.7 cm³/mol. The number of nitrogens with zero attached hydrogens (tertiary/aromatic N) is 3. The van der Waals surface area contributed by atoms with Crippen molar-refractivity contribution in [2.75, 3.05) is 0 Å². The van der Waals surface area contributed by atoms with Crippen LogP contribution in [0.1, 0.15) is 22.1 Å². The van der Waals surface area contributed by atoms with Gasteiger partial charge in [0.15, 0.2) is 0 Å². The Bertz CT molecular complexity index is 821. The molecule has 0 saturated carbocycles. The van der Waals surface area contributed by atoms with Gasteiger partial charge in [0.2, 0.25) is 5.91 Å². The second-order valence-electron chi connectivity index (χ2n) is 5.28. The Morgan fingerprint density at radius 3 is 2.83 bits per heavy atom. The molecule has 3 rings (SSSR count). The van der Waals surface area contributed by atoms with Crippen LogP contribution in [0.4, 0.5) is 0 Å². The number of nitrogens with one attached hydrogen (secondary N) is 1. The minimum Gasteiger partial charge on any atom is -0.352 e. The van der Waals surface area contributed by atoms with Gasteiger partial charge in [-0.05, 0) is 25.5 Å². The van der Waals surface area contributed by atoms with Crippen LogP contribution in [0.2, 0.25) is 0 Å². The molecule has 1 N–H and O–H groups in total. The number of aromatic nitrogens is 3. The predicted octanol–water partition coefficient (Wildman–Crippen LogP) is 2.80. The van der Waals surface area contributed by atoms with Gasteiger partial charge in [0.05, 0.1) is 22.8 Å². The summed E-state index contributed by atoms with van der Waals surface area (Å²) in [6.07, 6.45) is 4.01. The molecule has 2 aromatic heterocycles. The molecule has 0 aliphatic carbocycles. The maximum Gasteiger partial charge on any atom is 0.226 e. The molecule has 1 amide bonds. The number of imidazole rings is 1. The van der Waals surface area contributed by atoms with Crippen LogP contribution in [0.15, 0.2) is 42.0 Å². The van der Waals surface area contributed by atoms with Gasteiger partial charge in [-0.3, -0.25) is 4.79 Å². The van der Waals surface area contributed by atoms with E-state index in [0.717, 1.165) is 27.8 Å². The van der Waals surface area contributed by atoms with Crippen molar-refractivity contribution >= 4 is 17.2 Å². The highest BCUT2D eigenvalue weighted by Crippen LogP contribution is 2.16. The van der Waals surface area contributed by atoms with Gasteiger partial charge in [0, 0.05) is 24.3 Å². The Morgan fingerprint density at radius 1 is 1.30 bits per heavy atom. The molecular weight excluding hydrogens is 308 g/mol. The van der Waals surface area contributed by atoms with Gasteiger partial charge in [0.25, 0.3) is 0 Å². The van der Waals surface area contributed by atoms with E-state index in [1.165, 1.54) is 0 Å². The highest BCUT2D eigenvalue weighted by Gasteiger charge is 2.09. The zero-order chi connectivity index (χ0) is 16.2. The quantitative estimate of drug-likeness (QED) is 0.784. The molecule has 0 fully saturated rings. The van der Waals surface area contributed by atoms with Gasteiger partial charge >= 0.3 is 0 Å². The van der Waals surface area contributed by atoms with Gasteiger partial charge < -0.3 is 9.88 Å². The zero-order valence-electron chi connectivity index (χ0n) is 13.1. The third-order valence-corrected chi connectivity index (χ3v) is 4.38. The van der Waals surface area contributed by atoms with Crippen LogP contribution in [0, 0.1) is 13.8 Å². The van der Waals surface area contributed by atoms with Crippen molar-refractivity contribution in [1.82, 2.24) is 19.9 Å². The summed E-state index contributed by atoms with van der Waals surface area (Å²) >= 11 is 1.56. The molecule has 0 radical (unpaired) electrons. The Kier molecular flexibility index (Phi) is 4.52. The molecule has 6 heteroatoms. The second-order valence-corrected chi connectivity index (χ2v) is 6.35. The number of carbonyl (C=O) groups is 1. The van der Waals surface area contributed by atoms with Gasteiger partial charge in [-0.2, -0.15) is 0 Å². The Balaban J connectivity index is 1.69. The number of amides is 1. The lowest BCUT2D eigenvalue weighted by Crippen LogP contribution is -2.25. The SMILES string of the molecule is Cc1nc(CC(=O)NCc2ccccc2-n2ccnc2C)cs1. The summed E-state index contributed by atoms with van der Waals surface area (Å²) in [6, 6.07) is 8.00. The van der Waals surface area contributed by atoms with E-state index in [9.17, 15) is 4.79 Å². The Hall–Kier alpha value is -2.47. The van der Waals surface area contributed by atoms with Gasteiger partial charge in [0.1, 0.15) is 5.82 Å². The van der Waals surface area contributed by atoms with Gasteiger partial charge in [-0.15, -0.1) is 11.3 Å². The first-order chi connectivity index (χ1) is 11.1. The first-order valence-electron chi connectivity index (χ1n) is 7.39. The maximum atomic E-state index is 12.1. The number of thiazole rings is 1. The summed E-state index contributed by atoms with van der Waals surface area (Å²) in [4.78, 5) is 20.7. The highest BCUT2D eigenvalue weighted by molar-refractivity contribution is 7.09. The molecule has 3 aromatic rings. The summed E-state index contributed by atoms with van der Waals surface area (Å²) in [5, 5.41) is 5.88. The lowest BCUT2D eigenvalue weighted by atomic mass is 10.1. The van der Waals surface area contributed by atoms with Crippen LogP contribution < -0.4 is 5.32 Å². The standard InChI is InChI=1S/C17H18N4OS/c1-12-18-7-8-21(12)16-6-4-3-5-14(16)10-19-17(22)9-15-11-23-13(2)20-15/h3-8,11H,9-10H2,1-2H3,(H,19,22). The lowest BCUT2D eigenvalue weighted by Gasteiger charge is -2.12. The number of hydrogen-bond acceptors (Lipinski definition) is 4. The van der Waals surface area contributed by atoms with E-state index in [-0.39, 0.29) is 5.91 Å². The Morgan fingerprint density at radius 2 is 2.13 bits per heavy atom. The molecule has 23 heavy (non-hydrogen) atoms. The minimum absolute atomic E-state index is 0.0209.